The Kier molecular flexibility index (Phi) is 14.3. The van der Waals surface area contributed by atoms with Gasteiger partial charge in [-0.1, -0.05) is 20.3 Å². The molecule has 13 heteroatoms. The van der Waals surface area contributed by atoms with Gasteiger partial charge in [-0.2, -0.15) is 11.8 Å². The predicted octanol–water partition coefficient (Wildman–Crippen LogP) is -2.09. The number of rotatable bonds is 16. The Labute approximate surface area is 191 Å². The van der Waals surface area contributed by atoms with Gasteiger partial charge in [-0.05, 0) is 30.8 Å². The average molecular weight is 478 g/mol. The van der Waals surface area contributed by atoms with Crippen molar-refractivity contribution in [2.24, 2.45) is 17.4 Å². The van der Waals surface area contributed by atoms with Crippen LogP contribution in [0.25, 0.3) is 0 Å². The number of thioether (sulfide) groups is 1. The molecular weight excluding hydrogens is 442 g/mol. The highest BCUT2D eigenvalue weighted by atomic mass is 32.2. The maximum Gasteiger partial charge on any atom is 0.326 e. The Morgan fingerprint density at radius 2 is 1.53 bits per heavy atom. The normalized spacial score (nSPS) is 15.5. The van der Waals surface area contributed by atoms with Crippen LogP contribution in [0.15, 0.2) is 0 Å². The zero-order valence-electron chi connectivity index (χ0n) is 18.6. The molecule has 0 rings (SSSR count). The third kappa shape index (κ3) is 10.8. The molecule has 184 valence electrons. The number of carbonyl (C=O) groups is 5. The summed E-state index contributed by atoms with van der Waals surface area (Å²) in [4.78, 5) is 60.0. The Hall–Kier alpha value is -2.38. The Bertz CT molecular complexity index is 664. The number of nitrogens with one attached hydrogen (secondary N) is 3. The fraction of sp³-hybridized carbons (Fsp3) is 0.737. The standard InChI is InChI=1S/C19H35N5O7S/c1-4-10(2)15(19(30)31)24-17(28)12(5-6-14(21)26)22-18(29)13(9-25)23-16(27)11(20)7-8-32-3/h10-13,15,25H,4-9,20H2,1-3H3,(H2,21,26)(H,22,29)(H,23,27)(H,24,28)(H,30,31). The first-order chi connectivity index (χ1) is 15.0. The lowest BCUT2D eigenvalue weighted by molar-refractivity contribution is -0.144. The van der Waals surface area contributed by atoms with E-state index in [4.69, 9.17) is 11.5 Å². The average Bonchev–Trinajstić information content (AvgIpc) is 2.75. The lowest BCUT2D eigenvalue weighted by Gasteiger charge is -2.26. The van der Waals surface area contributed by atoms with Crippen molar-refractivity contribution >= 4 is 41.4 Å². The summed E-state index contributed by atoms with van der Waals surface area (Å²) < 4.78 is 0. The lowest BCUT2D eigenvalue weighted by Crippen LogP contribution is -2.58. The van der Waals surface area contributed by atoms with Crippen molar-refractivity contribution in [3.8, 4) is 0 Å². The monoisotopic (exact) mass is 477 g/mol. The first-order valence-corrected chi connectivity index (χ1v) is 11.6. The molecule has 32 heavy (non-hydrogen) atoms. The quantitative estimate of drug-likeness (QED) is 0.129. The number of carbonyl (C=O) groups excluding carboxylic acids is 4. The number of primary amides is 1. The summed E-state index contributed by atoms with van der Waals surface area (Å²) in [5, 5.41) is 25.9. The van der Waals surface area contributed by atoms with Gasteiger partial charge in [-0.25, -0.2) is 4.79 Å². The zero-order chi connectivity index (χ0) is 24.8. The molecule has 0 radical (unpaired) electrons. The Balaban J connectivity index is 5.33. The molecule has 0 bridgehead atoms. The fourth-order valence-electron chi connectivity index (χ4n) is 2.61. The topological polar surface area (TPSA) is 214 Å². The highest BCUT2D eigenvalue weighted by Gasteiger charge is 2.31. The van der Waals surface area contributed by atoms with E-state index in [1.165, 1.54) is 11.8 Å². The van der Waals surface area contributed by atoms with Crippen molar-refractivity contribution in [3.05, 3.63) is 0 Å². The summed E-state index contributed by atoms with van der Waals surface area (Å²) in [5.41, 5.74) is 10.9. The van der Waals surface area contributed by atoms with Crippen molar-refractivity contribution in [1.82, 2.24) is 16.0 Å². The lowest BCUT2D eigenvalue weighted by atomic mass is 9.98. The third-order valence-electron chi connectivity index (χ3n) is 4.87. The summed E-state index contributed by atoms with van der Waals surface area (Å²) >= 11 is 1.50. The summed E-state index contributed by atoms with van der Waals surface area (Å²) in [5.74, 6) is -4.09. The van der Waals surface area contributed by atoms with E-state index in [0.29, 0.717) is 18.6 Å². The number of amides is 4. The number of carboxylic acid groups (broad SMARTS) is 1. The smallest absolute Gasteiger partial charge is 0.326 e. The SMILES string of the molecule is CCC(C)C(NC(=O)C(CCC(N)=O)NC(=O)C(CO)NC(=O)C(N)CCSC)C(=O)O. The highest BCUT2D eigenvalue weighted by molar-refractivity contribution is 7.98. The molecule has 0 aliphatic heterocycles. The Morgan fingerprint density at radius 3 is 2.00 bits per heavy atom. The van der Waals surface area contributed by atoms with Crippen LogP contribution in [-0.2, 0) is 24.0 Å². The molecule has 0 heterocycles. The molecule has 5 unspecified atom stereocenters. The molecule has 5 atom stereocenters. The maximum absolute atomic E-state index is 12.7. The van der Waals surface area contributed by atoms with Crippen molar-refractivity contribution < 1.29 is 34.2 Å². The zero-order valence-corrected chi connectivity index (χ0v) is 19.4. The minimum Gasteiger partial charge on any atom is -0.480 e. The van der Waals surface area contributed by atoms with Crippen LogP contribution in [0, 0.1) is 5.92 Å². The molecular formula is C19H35N5O7S. The van der Waals surface area contributed by atoms with Gasteiger partial charge < -0.3 is 37.6 Å². The van der Waals surface area contributed by atoms with Gasteiger partial charge in [0.2, 0.25) is 23.6 Å². The minimum atomic E-state index is -1.39. The predicted molar refractivity (Wildman–Crippen MR) is 119 cm³/mol. The molecule has 0 spiro atoms. The van der Waals surface area contributed by atoms with Crippen molar-refractivity contribution in [1.29, 1.82) is 0 Å². The van der Waals surface area contributed by atoms with Gasteiger partial charge in [0, 0.05) is 6.42 Å². The minimum absolute atomic E-state index is 0.195. The molecule has 0 aliphatic carbocycles. The second kappa shape index (κ2) is 15.4. The van der Waals surface area contributed by atoms with Crippen molar-refractivity contribution in [2.75, 3.05) is 18.6 Å². The van der Waals surface area contributed by atoms with Crippen LogP contribution < -0.4 is 27.4 Å². The maximum atomic E-state index is 12.7. The van der Waals surface area contributed by atoms with Crippen LogP contribution in [-0.4, -0.2) is 82.6 Å². The summed E-state index contributed by atoms with van der Waals surface area (Å²) in [6.07, 6.45) is 2.24. The number of carboxylic acids is 1. The second-order valence-electron chi connectivity index (χ2n) is 7.41. The number of hydrogen-bond acceptors (Lipinski definition) is 8. The summed E-state index contributed by atoms with van der Waals surface area (Å²) in [6, 6.07) is -4.79. The van der Waals surface area contributed by atoms with Crippen LogP contribution in [0.4, 0.5) is 0 Å². The molecule has 4 amide bonds. The summed E-state index contributed by atoms with van der Waals surface area (Å²) in [6.45, 7) is 2.65. The van der Waals surface area contributed by atoms with E-state index in [1.807, 2.05) is 6.26 Å². The molecule has 0 saturated carbocycles. The van der Waals surface area contributed by atoms with Gasteiger partial charge in [0.25, 0.3) is 0 Å². The van der Waals surface area contributed by atoms with Gasteiger partial charge in [-0.3, -0.25) is 19.2 Å². The van der Waals surface area contributed by atoms with Crippen LogP contribution >= 0.6 is 11.8 Å². The number of nitrogens with two attached hydrogens (primary N) is 2. The molecule has 9 N–H and O–H groups in total. The van der Waals surface area contributed by atoms with E-state index < -0.39 is 66.3 Å². The van der Waals surface area contributed by atoms with Crippen LogP contribution in [0.3, 0.4) is 0 Å². The van der Waals surface area contributed by atoms with Crippen LogP contribution in [0.5, 0.6) is 0 Å². The van der Waals surface area contributed by atoms with Crippen LogP contribution in [0.1, 0.15) is 39.5 Å². The van der Waals surface area contributed by atoms with E-state index in [9.17, 15) is 34.2 Å². The van der Waals surface area contributed by atoms with Crippen molar-refractivity contribution in [2.45, 2.75) is 63.7 Å². The van der Waals surface area contributed by atoms with Gasteiger partial charge in [-0.15, -0.1) is 0 Å². The van der Waals surface area contributed by atoms with E-state index >= 15 is 0 Å². The molecule has 0 aromatic heterocycles. The van der Waals surface area contributed by atoms with Gasteiger partial charge >= 0.3 is 5.97 Å². The first-order valence-electron chi connectivity index (χ1n) is 10.3. The molecule has 0 saturated heterocycles. The number of aliphatic hydroxyl groups excluding tert-OH is 1. The first kappa shape index (κ1) is 29.6. The highest BCUT2D eigenvalue weighted by Crippen LogP contribution is 2.09. The third-order valence-corrected chi connectivity index (χ3v) is 5.52. The van der Waals surface area contributed by atoms with E-state index in [0.717, 1.165) is 0 Å². The number of aliphatic hydroxyl groups is 1. The molecule has 0 aromatic carbocycles. The molecule has 0 aliphatic rings. The fourth-order valence-corrected chi connectivity index (χ4v) is 3.10. The largest absolute Gasteiger partial charge is 0.480 e. The van der Waals surface area contributed by atoms with Gasteiger partial charge in [0.15, 0.2) is 0 Å². The summed E-state index contributed by atoms with van der Waals surface area (Å²) in [7, 11) is 0. The molecule has 0 aromatic rings. The number of aliphatic carboxylic acids is 1. The molecule has 12 nitrogen and oxygen atoms in total. The van der Waals surface area contributed by atoms with Crippen LogP contribution in [0.2, 0.25) is 0 Å². The Morgan fingerprint density at radius 1 is 0.969 bits per heavy atom. The second-order valence-corrected chi connectivity index (χ2v) is 8.39. The number of hydrogen-bond donors (Lipinski definition) is 7. The van der Waals surface area contributed by atoms with E-state index in [2.05, 4.69) is 16.0 Å². The molecule has 0 fully saturated rings. The van der Waals surface area contributed by atoms with Gasteiger partial charge in [0.05, 0.1) is 12.6 Å². The van der Waals surface area contributed by atoms with E-state index in [-0.39, 0.29) is 12.8 Å². The van der Waals surface area contributed by atoms with Gasteiger partial charge in [0.1, 0.15) is 18.1 Å². The van der Waals surface area contributed by atoms with E-state index in [1.54, 1.807) is 13.8 Å². The van der Waals surface area contributed by atoms with Crippen molar-refractivity contribution in [3.63, 3.8) is 0 Å².